The highest BCUT2D eigenvalue weighted by Crippen LogP contribution is 2.32. The van der Waals surface area contributed by atoms with E-state index in [1.54, 1.807) is 7.11 Å². The molecule has 17 heavy (non-hydrogen) atoms. The molecule has 1 unspecified atom stereocenters. The first-order valence-corrected chi connectivity index (χ1v) is 7.43. The molecular weight excluding hydrogens is 327 g/mol. The summed E-state index contributed by atoms with van der Waals surface area (Å²) in [5.41, 5.74) is -0.521. The lowest BCUT2D eigenvalue weighted by atomic mass is 9.79. The third kappa shape index (κ3) is 3.91. The molecule has 96 valence electrons. The molecule has 1 aliphatic carbocycles. The predicted molar refractivity (Wildman–Crippen MR) is 79.5 cm³/mol. The van der Waals surface area contributed by atoms with Crippen LogP contribution in [0.3, 0.4) is 0 Å². The summed E-state index contributed by atoms with van der Waals surface area (Å²) in [5.74, 6) is 0.278. The first-order valence-electron chi connectivity index (χ1n) is 6.19. The summed E-state index contributed by atoms with van der Waals surface area (Å²) in [4.78, 5) is 12.5. The number of alkyl halides is 1. The molecule has 0 heterocycles. The Morgan fingerprint density at radius 3 is 2.65 bits per heavy atom. The molecular formula is C14H21IO2. The number of carbonyl (C=O) groups is 1. The van der Waals surface area contributed by atoms with E-state index >= 15 is 0 Å². The molecule has 0 aromatic rings. The monoisotopic (exact) mass is 348 g/mol. The summed E-state index contributed by atoms with van der Waals surface area (Å²) in [6.45, 7) is 2.60. The summed E-state index contributed by atoms with van der Waals surface area (Å²) in [7, 11) is 1.65. The lowest BCUT2D eigenvalue weighted by Crippen LogP contribution is -2.38. The van der Waals surface area contributed by atoms with Crippen molar-refractivity contribution in [1.82, 2.24) is 0 Å². The summed E-state index contributed by atoms with van der Waals surface area (Å²) in [6, 6.07) is 0. The Hall–Kier alpha value is -0.160. The number of halogens is 1. The van der Waals surface area contributed by atoms with E-state index in [4.69, 9.17) is 4.74 Å². The molecule has 3 heteroatoms. The molecule has 0 bridgehead atoms. The highest BCUT2D eigenvalue weighted by molar-refractivity contribution is 14.1. The standard InChI is InChI=1S/C14H21IO2/c1-3-4-8-12(15)13(16)14(11-17-2)9-6-5-7-10-14/h6-7,9-10,12H,3-5,8,11H2,1-2H3. The third-order valence-corrected chi connectivity index (χ3v) is 4.23. The number of hydrogen-bond donors (Lipinski definition) is 0. The number of ketones is 1. The zero-order valence-electron chi connectivity index (χ0n) is 10.6. The highest BCUT2D eigenvalue weighted by atomic mass is 127. The van der Waals surface area contributed by atoms with Gasteiger partial charge in [0.05, 0.1) is 15.9 Å². The van der Waals surface area contributed by atoms with Gasteiger partial charge in [0.15, 0.2) is 5.78 Å². The second kappa shape index (κ2) is 7.31. The van der Waals surface area contributed by atoms with Crippen molar-refractivity contribution in [1.29, 1.82) is 0 Å². The Morgan fingerprint density at radius 1 is 1.47 bits per heavy atom. The number of hydrogen-bond acceptors (Lipinski definition) is 2. The maximum Gasteiger partial charge on any atom is 0.161 e. The van der Waals surface area contributed by atoms with Crippen molar-refractivity contribution in [2.45, 2.75) is 36.5 Å². The summed E-state index contributed by atoms with van der Waals surface area (Å²) in [6.07, 6.45) is 12.3. The van der Waals surface area contributed by atoms with Crippen molar-refractivity contribution < 1.29 is 9.53 Å². The second-order valence-corrected chi connectivity index (χ2v) is 5.99. The quantitative estimate of drug-likeness (QED) is 0.398. The van der Waals surface area contributed by atoms with Gasteiger partial charge < -0.3 is 4.74 Å². The van der Waals surface area contributed by atoms with Gasteiger partial charge >= 0.3 is 0 Å². The van der Waals surface area contributed by atoms with E-state index in [0.717, 1.165) is 25.7 Å². The molecule has 0 N–H and O–H groups in total. The van der Waals surface area contributed by atoms with Crippen molar-refractivity contribution in [3.8, 4) is 0 Å². The molecule has 2 nitrogen and oxygen atoms in total. The van der Waals surface area contributed by atoms with Gasteiger partial charge in [-0.15, -0.1) is 0 Å². The van der Waals surface area contributed by atoms with E-state index in [0.29, 0.717) is 6.61 Å². The van der Waals surface area contributed by atoms with Crippen LogP contribution in [0.2, 0.25) is 0 Å². The molecule has 0 amide bonds. The minimum absolute atomic E-state index is 0.0788. The van der Waals surface area contributed by atoms with Gasteiger partial charge in [0, 0.05) is 7.11 Å². The lowest BCUT2D eigenvalue weighted by Gasteiger charge is -2.29. The van der Waals surface area contributed by atoms with Crippen molar-refractivity contribution in [2.24, 2.45) is 5.41 Å². The summed E-state index contributed by atoms with van der Waals surface area (Å²) < 4.78 is 5.31. The fraction of sp³-hybridized carbons (Fsp3) is 0.643. The van der Waals surface area contributed by atoms with Gasteiger partial charge in [-0.05, 0) is 12.8 Å². The lowest BCUT2D eigenvalue weighted by molar-refractivity contribution is -0.125. The van der Waals surface area contributed by atoms with Crippen LogP contribution in [-0.4, -0.2) is 23.4 Å². The van der Waals surface area contributed by atoms with E-state index in [-0.39, 0.29) is 9.71 Å². The van der Waals surface area contributed by atoms with Crippen molar-refractivity contribution in [3.05, 3.63) is 24.3 Å². The average Bonchev–Trinajstić information content (AvgIpc) is 2.36. The Labute approximate surface area is 118 Å². The zero-order valence-corrected chi connectivity index (χ0v) is 12.8. The molecule has 0 aromatic heterocycles. The molecule has 0 spiro atoms. The van der Waals surface area contributed by atoms with Crippen molar-refractivity contribution >= 4 is 28.4 Å². The van der Waals surface area contributed by atoms with Gasteiger partial charge in [0.2, 0.25) is 0 Å². The molecule has 1 aliphatic rings. The van der Waals surface area contributed by atoms with Gasteiger partial charge in [-0.2, -0.15) is 0 Å². The second-order valence-electron chi connectivity index (χ2n) is 4.49. The van der Waals surface area contributed by atoms with Crippen molar-refractivity contribution in [3.63, 3.8) is 0 Å². The van der Waals surface area contributed by atoms with Crippen LogP contribution in [0.1, 0.15) is 32.6 Å². The maximum absolute atomic E-state index is 12.5. The number of Topliss-reactive ketones (excluding diaryl/α,β-unsaturated/α-hetero) is 1. The number of ether oxygens (including phenoxy) is 1. The summed E-state index contributed by atoms with van der Waals surface area (Å²) in [5, 5.41) is 0. The van der Waals surface area contributed by atoms with Crippen LogP contribution in [0.15, 0.2) is 24.3 Å². The van der Waals surface area contributed by atoms with Crippen LogP contribution >= 0.6 is 22.6 Å². The van der Waals surface area contributed by atoms with E-state index in [1.807, 2.05) is 12.2 Å². The SMILES string of the molecule is CCCCC(I)C(=O)C1(COC)C=CCC=C1. The predicted octanol–water partition coefficient (Wildman–Crippen LogP) is 3.70. The molecule has 1 rings (SSSR count). The number of unbranched alkanes of at least 4 members (excludes halogenated alkanes) is 1. The fourth-order valence-corrected chi connectivity index (χ4v) is 3.09. The smallest absolute Gasteiger partial charge is 0.161 e. The van der Waals surface area contributed by atoms with E-state index < -0.39 is 5.41 Å². The summed E-state index contributed by atoms with van der Waals surface area (Å²) >= 11 is 2.27. The normalized spacial score (nSPS) is 19.2. The first kappa shape index (κ1) is 14.9. The third-order valence-electron chi connectivity index (χ3n) is 3.04. The number of methoxy groups -OCH3 is 1. The number of carbonyl (C=O) groups excluding carboxylic acids is 1. The molecule has 0 saturated carbocycles. The van der Waals surface area contributed by atoms with Crippen LogP contribution in [0.4, 0.5) is 0 Å². The van der Waals surface area contributed by atoms with Gasteiger partial charge in [-0.1, -0.05) is 66.7 Å². The van der Waals surface area contributed by atoms with Crippen LogP contribution < -0.4 is 0 Å². The minimum Gasteiger partial charge on any atom is -0.383 e. The fourth-order valence-electron chi connectivity index (χ4n) is 2.07. The molecule has 1 atom stereocenters. The number of allylic oxidation sites excluding steroid dienone is 2. The minimum atomic E-state index is -0.521. The van der Waals surface area contributed by atoms with Gasteiger partial charge in [-0.25, -0.2) is 0 Å². The molecule has 0 radical (unpaired) electrons. The molecule has 0 saturated heterocycles. The molecule has 0 aliphatic heterocycles. The molecule has 0 aromatic carbocycles. The Balaban J connectivity index is 2.76. The van der Waals surface area contributed by atoms with E-state index in [2.05, 4.69) is 41.7 Å². The van der Waals surface area contributed by atoms with Crippen LogP contribution in [0.5, 0.6) is 0 Å². The van der Waals surface area contributed by atoms with Crippen LogP contribution in [0.25, 0.3) is 0 Å². The number of rotatable bonds is 7. The van der Waals surface area contributed by atoms with Gasteiger partial charge in [0.1, 0.15) is 0 Å². The van der Waals surface area contributed by atoms with Gasteiger partial charge in [0.25, 0.3) is 0 Å². The Bertz CT molecular complexity index is 295. The van der Waals surface area contributed by atoms with E-state index in [1.165, 1.54) is 0 Å². The van der Waals surface area contributed by atoms with Crippen molar-refractivity contribution in [2.75, 3.05) is 13.7 Å². The van der Waals surface area contributed by atoms with Crippen LogP contribution in [0, 0.1) is 5.41 Å². The van der Waals surface area contributed by atoms with Gasteiger partial charge in [-0.3, -0.25) is 4.79 Å². The van der Waals surface area contributed by atoms with Crippen LogP contribution in [-0.2, 0) is 9.53 Å². The average molecular weight is 348 g/mol. The zero-order chi connectivity index (χ0) is 12.7. The largest absolute Gasteiger partial charge is 0.383 e. The molecule has 0 fully saturated rings. The topological polar surface area (TPSA) is 26.3 Å². The Morgan fingerprint density at radius 2 is 2.12 bits per heavy atom. The van der Waals surface area contributed by atoms with E-state index in [9.17, 15) is 4.79 Å². The Kier molecular flexibility index (Phi) is 6.41. The maximum atomic E-state index is 12.5. The highest BCUT2D eigenvalue weighted by Gasteiger charge is 2.37. The first-order chi connectivity index (χ1) is 8.16.